The van der Waals surface area contributed by atoms with Crippen LogP contribution in [0.2, 0.25) is 0 Å². The molecule has 0 aromatic heterocycles. The second-order valence-electron chi connectivity index (χ2n) is 4.49. The highest BCUT2D eigenvalue weighted by Gasteiger charge is 2.41. The first kappa shape index (κ1) is 17.6. The summed E-state index contributed by atoms with van der Waals surface area (Å²) in [6.45, 7) is 12.0. The van der Waals surface area contributed by atoms with Crippen LogP contribution >= 0.6 is 15.3 Å². The first-order valence-corrected chi connectivity index (χ1v) is 10.6. The van der Waals surface area contributed by atoms with Gasteiger partial charge in [0.1, 0.15) is 0 Å². The van der Waals surface area contributed by atoms with Crippen molar-refractivity contribution in [3.63, 3.8) is 0 Å². The SMILES string of the molecule is CCCO[Si](Br)(OCCC)OC(CC)C(C)C. The number of halogens is 1. The van der Waals surface area contributed by atoms with Gasteiger partial charge < -0.3 is 13.3 Å². The smallest absolute Gasteiger partial charge is 0.365 e. The molecule has 0 heterocycles. The van der Waals surface area contributed by atoms with Gasteiger partial charge >= 0.3 is 7.42 Å². The normalized spacial score (nSPS) is 14.3. The van der Waals surface area contributed by atoms with Gasteiger partial charge in [0, 0.05) is 13.2 Å². The third-order valence-corrected chi connectivity index (χ3v) is 6.01. The van der Waals surface area contributed by atoms with Crippen molar-refractivity contribution in [3.05, 3.63) is 0 Å². The summed E-state index contributed by atoms with van der Waals surface area (Å²) < 4.78 is 17.6. The predicted octanol–water partition coefficient (Wildman–Crippen LogP) is 4.12. The standard InChI is InChI=1S/C12H27BrO3Si/c1-6-9-14-17(13,15-10-7-2)16-12(8-3)11(4)5/h11-12H,6-10H2,1-5H3. The zero-order valence-electron chi connectivity index (χ0n) is 11.8. The van der Waals surface area contributed by atoms with Gasteiger partial charge in [-0.15, -0.1) is 0 Å². The summed E-state index contributed by atoms with van der Waals surface area (Å²) in [4.78, 5) is 0. The van der Waals surface area contributed by atoms with E-state index in [0.29, 0.717) is 19.1 Å². The molecule has 0 N–H and O–H groups in total. The van der Waals surface area contributed by atoms with Crippen molar-refractivity contribution in [1.82, 2.24) is 0 Å². The molecule has 5 heteroatoms. The number of hydrogen-bond acceptors (Lipinski definition) is 3. The topological polar surface area (TPSA) is 27.7 Å². The zero-order chi connectivity index (χ0) is 13.3. The Hall–Kier alpha value is 0.577. The van der Waals surface area contributed by atoms with Crippen molar-refractivity contribution in [2.24, 2.45) is 5.92 Å². The van der Waals surface area contributed by atoms with Crippen LogP contribution in [-0.2, 0) is 13.3 Å². The van der Waals surface area contributed by atoms with Crippen LogP contribution in [0.15, 0.2) is 0 Å². The van der Waals surface area contributed by atoms with Crippen LogP contribution in [0.1, 0.15) is 53.9 Å². The maximum atomic E-state index is 6.06. The average molecular weight is 327 g/mol. The summed E-state index contributed by atoms with van der Waals surface area (Å²) in [5, 5.41) is 0. The van der Waals surface area contributed by atoms with Gasteiger partial charge in [-0.05, 0) is 40.5 Å². The van der Waals surface area contributed by atoms with Crippen molar-refractivity contribution in [3.8, 4) is 0 Å². The minimum absolute atomic E-state index is 0.190. The van der Waals surface area contributed by atoms with E-state index < -0.39 is 7.42 Å². The molecule has 0 amide bonds. The maximum absolute atomic E-state index is 6.06. The minimum Gasteiger partial charge on any atom is -0.365 e. The first-order chi connectivity index (χ1) is 7.99. The summed E-state index contributed by atoms with van der Waals surface area (Å²) in [6.07, 6.45) is 3.10. The summed E-state index contributed by atoms with van der Waals surface area (Å²) in [6, 6.07) is 0. The molecular weight excluding hydrogens is 300 g/mol. The first-order valence-electron chi connectivity index (χ1n) is 6.63. The summed E-state index contributed by atoms with van der Waals surface area (Å²) >= 11 is 3.57. The zero-order valence-corrected chi connectivity index (χ0v) is 14.4. The fourth-order valence-electron chi connectivity index (χ4n) is 1.43. The molecule has 104 valence electrons. The van der Waals surface area contributed by atoms with Crippen LogP contribution in [0, 0.1) is 5.92 Å². The maximum Gasteiger partial charge on any atom is 0.580 e. The van der Waals surface area contributed by atoms with Gasteiger partial charge in [-0.2, -0.15) is 0 Å². The summed E-state index contributed by atoms with van der Waals surface area (Å²) in [5.74, 6) is 0.472. The van der Waals surface area contributed by atoms with E-state index in [4.69, 9.17) is 13.3 Å². The third kappa shape index (κ3) is 7.57. The fourth-order valence-corrected chi connectivity index (χ4v) is 5.04. The molecule has 0 bridgehead atoms. The Labute approximate surface area is 115 Å². The Kier molecular flexibility index (Phi) is 9.82. The van der Waals surface area contributed by atoms with Crippen LogP contribution in [-0.4, -0.2) is 26.7 Å². The Balaban J connectivity index is 4.42. The van der Waals surface area contributed by atoms with Crippen LogP contribution in [0.3, 0.4) is 0 Å². The third-order valence-electron chi connectivity index (χ3n) is 2.40. The average Bonchev–Trinajstić information content (AvgIpc) is 2.31. The van der Waals surface area contributed by atoms with Crippen LogP contribution in [0.4, 0.5) is 0 Å². The van der Waals surface area contributed by atoms with Gasteiger partial charge in [-0.1, -0.05) is 34.6 Å². The lowest BCUT2D eigenvalue weighted by atomic mass is 10.1. The second kappa shape index (κ2) is 9.50. The molecule has 0 radical (unpaired) electrons. The highest BCUT2D eigenvalue weighted by Crippen LogP contribution is 2.24. The predicted molar refractivity (Wildman–Crippen MR) is 77.2 cm³/mol. The summed E-state index contributed by atoms with van der Waals surface area (Å²) in [7, 11) is -2.63. The molecule has 0 aliphatic rings. The highest BCUT2D eigenvalue weighted by molar-refractivity contribution is 9.25. The molecule has 1 unspecified atom stereocenters. The lowest BCUT2D eigenvalue weighted by molar-refractivity contribution is 0.0300. The van der Waals surface area contributed by atoms with Gasteiger partial charge in [0.05, 0.1) is 6.10 Å². The molecule has 0 aromatic rings. The van der Waals surface area contributed by atoms with Crippen molar-refractivity contribution in [2.45, 2.75) is 60.0 Å². The van der Waals surface area contributed by atoms with E-state index in [0.717, 1.165) is 19.3 Å². The van der Waals surface area contributed by atoms with Crippen LogP contribution in [0.5, 0.6) is 0 Å². The van der Waals surface area contributed by atoms with Crippen LogP contribution in [0.25, 0.3) is 0 Å². The molecule has 17 heavy (non-hydrogen) atoms. The van der Waals surface area contributed by atoms with E-state index in [9.17, 15) is 0 Å². The van der Waals surface area contributed by atoms with E-state index >= 15 is 0 Å². The molecule has 0 fully saturated rings. The van der Waals surface area contributed by atoms with E-state index in [-0.39, 0.29) is 6.10 Å². The van der Waals surface area contributed by atoms with E-state index in [1.165, 1.54) is 0 Å². The molecule has 0 aromatic carbocycles. The lowest BCUT2D eigenvalue weighted by Gasteiger charge is -2.30. The molecule has 0 aliphatic carbocycles. The fraction of sp³-hybridized carbons (Fsp3) is 1.00. The Morgan fingerprint density at radius 3 is 1.76 bits per heavy atom. The molecule has 0 aliphatic heterocycles. The largest absolute Gasteiger partial charge is 0.580 e. The minimum atomic E-state index is -2.63. The Morgan fingerprint density at radius 2 is 1.47 bits per heavy atom. The number of hydrogen-bond donors (Lipinski definition) is 0. The molecular formula is C12H27BrO3Si. The van der Waals surface area contributed by atoms with Crippen molar-refractivity contribution in [1.29, 1.82) is 0 Å². The quantitative estimate of drug-likeness (QED) is 0.446. The van der Waals surface area contributed by atoms with Crippen LogP contribution < -0.4 is 0 Å². The molecule has 0 rings (SSSR count). The van der Waals surface area contributed by atoms with Gasteiger partial charge in [0.25, 0.3) is 0 Å². The molecule has 0 saturated carbocycles. The molecule has 1 atom stereocenters. The van der Waals surface area contributed by atoms with E-state index in [1.54, 1.807) is 0 Å². The number of rotatable bonds is 10. The van der Waals surface area contributed by atoms with Gasteiger partial charge in [-0.25, -0.2) is 0 Å². The van der Waals surface area contributed by atoms with E-state index in [2.05, 4.69) is 49.9 Å². The highest BCUT2D eigenvalue weighted by atomic mass is 79.9. The monoisotopic (exact) mass is 326 g/mol. The van der Waals surface area contributed by atoms with Gasteiger partial charge in [0.2, 0.25) is 0 Å². The Bertz CT molecular complexity index is 183. The molecule has 0 saturated heterocycles. The second-order valence-corrected chi connectivity index (χ2v) is 9.18. The van der Waals surface area contributed by atoms with Gasteiger partial charge in [0.15, 0.2) is 0 Å². The molecule has 0 spiro atoms. The Morgan fingerprint density at radius 1 is 1.00 bits per heavy atom. The summed E-state index contributed by atoms with van der Waals surface area (Å²) in [5.41, 5.74) is 0. The van der Waals surface area contributed by atoms with Gasteiger partial charge in [-0.3, -0.25) is 0 Å². The van der Waals surface area contributed by atoms with Crippen molar-refractivity contribution >= 4 is 22.7 Å². The van der Waals surface area contributed by atoms with Crippen molar-refractivity contribution in [2.75, 3.05) is 13.2 Å². The molecule has 3 nitrogen and oxygen atoms in total. The van der Waals surface area contributed by atoms with E-state index in [1.807, 2.05) is 0 Å². The van der Waals surface area contributed by atoms with Crippen molar-refractivity contribution < 1.29 is 13.3 Å². The lowest BCUT2D eigenvalue weighted by Crippen LogP contribution is -2.44.